The molecule has 1 heterocycles. The summed E-state index contributed by atoms with van der Waals surface area (Å²) in [6.45, 7) is 0.370. The predicted molar refractivity (Wildman–Crippen MR) is 92.0 cm³/mol. The number of hydrogen-bond donors (Lipinski definition) is 0. The number of anilines is 1. The predicted octanol–water partition coefficient (Wildman–Crippen LogP) is 3.28. The molecule has 0 bridgehead atoms. The largest absolute Gasteiger partial charge is 0.311 e. The number of para-hydroxylation sites is 1. The van der Waals surface area contributed by atoms with Crippen molar-refractivity contribution in [1.82, 2.24) is 0 Å². The van der Waals surface area contributed by atoms with Gasteiger partial charge in [-0.15, -0.1) is 0 Å². The maximum atomic E-state index is 12.3. The third kappa shape index (κ3) is 3.74. The van der Waals surface area contributed by atoms with Gasteiger partial charge in [-0.2, -0.15) is 0 Å². The van der Waals surface area contributed by atoms with Crippen LogP contribution in [0.1, 0.15) is 6.42 Å². The number of amides is 1. The Balaban J connectivity index is 1.92. The van der Waals surface area contributed by atoms with Gasteiger partial charge >= 0.3 is 0 Å². The van der Waals surface area contributed by atoms with Gasteiger partial charge in [-0.1, -0.05) is 48.5 Å². The van der Waals surface area contributed by atoms with Gasteiger partial charge in [0.1, 0.15) is 0 Å². The van der Waals surface area contributed by atoms with Crippen molar-refractivity contribution in [1.29, 1.82) is 0 Å². The molecule has 0 spiro atoms. The summed E-state index contributed by atoms with van der Waals surface area (Å²) in [4.78, 5) is 14.0. The summed E-state index contributed by atoms with van der Waals surface area (Å²) >= 11 is 0. The average Bonchev–Trinajstić information content (AvgIpc) is 2.86. The Morgan fingerprint density at radius 2 is 1.70 bits per heavy atom. The molecule has 1 fully saturated rings. The first-order valence-electron chi connectivity index (χ1n) is 7.31. The number of hydrogen-bond acceptors (Lipinski definition) is 3. The number of benzene rings is 2. The molecule has 0 aromatic heterocycles. The first kappa shape index (κ1) is 16.0. The van der Waals surface area contributed by atoms with Crippen molar-refractivity contribution in [3.63, 3.8) is 0 Å². The summed E-state index contributed by atoms with van der Waals surface area (Å²) in [7, 11) is 1.72. The third-order valence-corrected chi connectivity index (χ3v) is 5.17. The molecule has 1 aliphatic rings. The van der Waals surface area contributed by atoms with Gasteiger partial charge in [-0.05, 0) is 11.6 Å². The summed E-state index contributed by atoms with van der Waals surface area (Å²) < 4.78 is 22.5. The lowest BCUT2D eigenvalue weighted by atomic mass is 10.0. The van der Waals surface area contributed by atoms with Gasteiger partial charge in [0, 0.05) is 35.1 Å². The molecule has 120 valence electrons. The highest BCUT2D eigenvalue weighted by Gasteiger charge is 2.34. The molecule has 6 heteroatoms. The summed E-state index contributed by atoms with van der Waals surface area (Å²) in [6, 6.07) is 17.4. The molecule has 3 rings (SSSR count). The van der Waals surface area contributed by atoms with E-state index in [4.69, 9.17) is 10.7 Å². The van der Waals surface area contributed by atoms with Gasteiger partial charge in [-0.25, -0.2) is 8.42 Å². The fourth-order valence-corrected chi connectivity index (χ4v) is 4.30. The quantitative estimate of drug-likeness (QED) is 0.796. The minimum Gasteiger partial charge on any atom is -0.311 e. The molecule has 2 aromatic rings. The van der Waals surface area contributed by atoms with Crippen LogP contribution in [0.3, 0.4) is 0 Å². The molecular weight excluding hydrogens is 334 g/mol. The zero-order chi connectivity index (χ0) is 16.4. The minimum absolute atomic E-state index is 0.0707. The fraction of sp³-hybridized carbons (Fsp3) is 0.235. The van der Waals surface area contributed by atoms with E-state index in [1.165, 1.54) is 0 Å². The van der Waals surface area contributed by atoms with E-state index in [0.29, 0.717) is 6.54 Å². The van der Waals surface area contributed by atoms with Crippen molar-refractivity contribution in [3.05, 3.63) is 54.6 Å². The van der Waals surface area contributed by atoms with E-state index in [1.807, 2.05) is 54.6 Å². The van der Waals surface area contributed by atoms with E-state index in [-0.39, 0.29) is 24.0 Å². The standard InChI is InChI=1S/C17H16ClNO3S/c18-23(21,22)12-13-10-17(20)19(11-13)16-9-5-4-8-15(16)14-6-2-1-3-7-14/h1-9,13H,10-12H2. The number of carbonyl (C=O) groups excluding carboxylic acids is 1. The molecule has 0 aliphatic carbocycles. The zero-order valence-electron chi connectivity index (χ0n) is 12.4. The van der Waals surface area contributed by atoms with Crippen LogP contribution in [0.5, 0.6) is 0 Å². The van der Waals surface area contributed by atoms with Crippen molar-refractivity contribution in [2.45, 2.75) is 6.42 Å². The van der Waals surface area contributed by atoms with Crippen LogP contribution in [0, 0.1) is 5.92 Å². The van der Waals surface area contributed by atoms with Gasteiger partial charge in [-0.3, -0.25) is 4.79 Å². The van der Waals surface area contributed by atoms with Gasteiger partial charge in [0.05, 0.1) is 11.4 Å². The molecule has 1 unspecified atom stereocenters. The summed E-state index contributed by atoms with van der Waals surface area (Å²) in [6.07, 6.45) is 0.203. The smallest absolute Gasteiger partial charge is 0.232 e. The Labute approximate surface area is 140 Å². The molecule has 1 saturated heterocycles. The first-order valence-corrected chi connectivity index (χ1v) is 9.79. The Bertz CT molecular complexity index is 821. The summed E-state index contributed by atoms with van der Waals surface area (Å²) in [5, 5.41) is 0. The normalized spacial score (nSPS) is 18.4. The van der Waals surface area contributed by atoms with E-state index in [0.717, 1.165) is 16.8 Å². The summed E-state index contributed by atoms with van der Waals surface area (Å²) in [5.41, 5.74) is 2.78. The third-order valence-electron chi connectivity index (χ3n) is 3.92. The number of halogens is 1. The van der Waals surface area contributed by atoms with Crippen molar-refractivity contribution in [3.8, 4) is 11.1 Å². The monoisotopic (exact) mass is 349 g/mol. The molecule has 2 aromatic carbocycles. The molecule has 1 atom stereocenters. The van der Waals surface area contributed by atoms with Crippen LogP contribution < -0.4 is 4.90 Å². The minimum atomic E-state index is -3.61. The lowest BCUT2D eigenvalue weighted by Gasteiger charge is -2.20. The van der Waals surface area contributed by atoms with Crippen LogP contribution in [0.25, 0.3) is 11.1 Å². The Kier molecular flexibility index (Phi) is 4.41. The lowest BCUT2D eigenvalue weighted by Crippen LogP contribution is -2.25. The van der Waals surface area contributed by atoms with E-state index in [2.05, 4.69) is 0 Å². The first-order chi connectivity index (χ1) is 10.9. The Morgan fingerprint density at radius 3 is 2.39 bits per heavy atom. The molecule has 0 radical (unpaired) electrons. The molecule has 4 nitrogen and oxygen atoms in total. The number of rotatable bonds is 4. The Morgan fingerprint density at radius 1 is 1.04 bits per heavy atom. The molecule has 0 N–H and O–H groups in total. The van der Waals surface area contributed by atoms with Crippen molar-refractivity contribution in [2.75, 3.05) is 17.2 Å². The number of carbonyl (C=O) groups is 1. The Hall–Kier alpha value is -1.85. The van der Waals surface area contributed by atoms with Gasteiger partial charge < -0.3 is 4.90 Å². The molecule has 23 heavy (non-hydrogen) atoms. The van der Waals surface area contributed by atoms with Gasteiger partial charge in [0.2, 0.25) is 15.0 Å². The molecule has 1 amide bonds. The molecule has 0 saturated carbocycles. The summed E-state index contributed by atoms with van der Waals surface area (Å²) in [5.74, 6) is -0.517. The van der Waals surface area contributed by atoms with E-state index in [9.17, 15) is 13.2 Å². The van der Waals surface area contributed by atoms with Crippen LogP contribution in [-0.2, 0) is 13.8 Å². The maximum absolute atomic E-state index is 12.3. The van der Waals surface area contributed by atoms with Crippen LogP contribution >= 0.6 is 10.7 Å². The second-order valence-corrected chi connectivity index (χ2v) is 8.48. The second-order valence-electron chi connectivity index (χ2n) is 5.66. The highest BCUT2D eigenvalue weighted by atomic mass is 35.7. The number of nitrogens with zero attached hydrogens (tertiary/aromatic N) is 1. The molecular formula is C17H16ClNO3S. The van der Waals surface area contributed by atoms with E-state index in [1.54, 1.807) is 4.90 Å². The van der Waals surface area contributed by atoms with Crippen LogP contribution in [0.2, 0.25) is 0 Å². The second kappa shape index (κ2) is 6.34. The van der Waals surface area contributed by atoms with Crippen LogP contribution in [-0.4, -0.2) is 26.6 Å². The fourth-order valence-electron chi connectivity index (χ4n) is 2.98. The lowest BCUT2D eigenvalue weighted by molar-refractivity contribution is -0.117. The highest BCUT2D eigenvalue weighted by Crippen LogP contribution is 2.34. The van der Waals surface area contributed by atoms with Gasteiger partial charge in [0.15, 0.2) is 0 Å². The van der Waals surface area contributed by atoms with Crippen molar-refractivity contribution in [2.24, 2.45) is 5.92 Å². The maximum Gasteiger partial charge on any atom is 0.232 e. The van der Waals surface area contributed by atoms with E-state index < -0.39 is 9.05 Å². The average molecular weight is 350 g/mol. The van der Waals surface area contributed by atoms with Gasteiger partial charge in [0.25, 0.3) is 0 Å². The topological polar surface area (TPSA) is 54.5 Å². The zero-order valence-corrected chi connectivity index (χ0v) is 13.9. The SMILES string of the molecule is O=C1CC(CS(=O)(=O)Cl)CN1c1ccccc1-c1ccccc1. The molecule has 1 aliphatic heterocycles. The highest BCUT2D eigenvalue weighted by molar-refractivity contribution is 8.13. The van der Waals surface area contributed by atoms with Crippen molar-refractivity contribution >= 4 is 31.3 Å². The van der Waals surface area contributed by atoms with Crippen molar-refractivity contribution < 1.29 is 13.2 Å². The van der Waals surface area contributed by atoms with E-state index >= 15 is 0 Å². The van der Waals surface area contributed by atoms with Crippen LogP contribution in [0.15, 0.2) is 54.6 Å². The van der Waals surface area contributed by atoms with Crippen LogP contribution in [0.4, 0.5) is 5.69 Å².